The molecular weight excluding hydrogens is 221 g/mol. The number of likely N-dealkylation sites (N-methyl/N-ethyl adjacent to an activating group) is 1. The minimum Gasteiger partial charge on any atom is -0.497 e. The fourth-order valence-corrected chi connectivity index (χ4v) is 1.96. The van der Waals surface area contributed by atoms with E-state index in [-0.39, 0.29) is 11.9 Å². The molecule has 1 unspecified atom stereocenters. The van der Waals surface area contributed by atoms with Crippen molar-refractivity contribution in [3.63, 3.8) is 0 Å². The van der Waals surface area contributed by atoms with E-state index in [0.717, 1.165) is 12.2 Å². The standard InChI is InChI=1S/C13H16FNO2/c1-15-13(12-4-3-7-17-12)10-6-5-9(16-2)8-11(10)14/h4-6,8,13,15H,3,7H2,1-2H3. The molecule has 1 N–H and O–H groups in total. The highest BCUT2D eigenvalue weighted by Gasteiger charge is 2.22. The molecule has 3 nitrogen and oxygen atoms in total. The molecule has 0 aromatic heterocycles. The summed E-state index contributed by atoms with van der Waals surface area (Å²) >= 11 is 0. The second-order valence-electron chi connectivity index (χ2n) is 3.85. The lowest BCUT2D eigenvalue weighted by atomic mass is 10.0. The van der Waals surface area contributed by atoms with Crippen molar-refractivity contribution in [1.82, 2.24) is 5.32 Å². The fraction of sp³-hybridized carbons (Fsp3) is 0.385. The first kappa shape index (κ1) is 11.9. The highest BCUT2D eigenvalue weighted by molar-refractivity contribution is 5.34. The first-order chi connectivity index (χ1) is 8.26. The second-order valence-corrected chi connectivity index (χ2v) is 3.85. The van der Waals surface area contributed by atoms with Crippen LogP contribution >= 0.6 is 0 Å². The van der Waals surface area contributed by atoms with Crippen LogP contribution < -0.4 is 10.1 Å². The molecular formula is C13H16FNO2. The molecule has 0 saturated carbocycles. The van der Waals surface area contributed by atoms with E-state index >= 15 is 0 Å². The largest absolute Gasteiger partial charge is 0.497 e. The van der Waals surface area contributed by atoms with E-state index in [1.807, 2.05) is 6.08 Å². The van der Waals surface area contributed by atoms with E-state index in [2.05, 4.69) is 5.32 Å². The van der Waals surface area contributed by atoms with Crippen molar-refractivity contribution in [1.29, 1.82) is 0 Å². The lowest BCUT2D eigenvalue weighted by Gasteiger charge is -2.18. The van der Waals surface area contributed by atoms with Crippen molar-refractivity contribution in [2.75, 3.05) is 20.8 Å². The summed E-state index contributed by atoms with van der Waals surface area (Å²) in [6, 6.07) is 4.62. The zero-order valence-corrected chi connectivity index (χ0v) is 10.00. The molecule has 0 radical (unpaired) electrons. The Labute approximate surface area is 100 Å². The SMILES string of the molecule is CNC(C1=CCCO1)c1ccc(OC)cc1F. The van der Waals surface area contributed by atoms with E-state index in [1.165, 1.54) is 13.2 Å². The van der Waals surface area contributed by atoms with Gasteiger partial charge in [0.2, 0.25) is 0 Å². The topological polar surface area (TPSA) is 30.5 Å². The molecule has 1 aliphatic rings. The van der Waals surface area contributed by atoms with E-state index in [1.54, 1.807) is 19.2 Å². The van der Waals surface area contributed by atoms with Crippen LogP contribution in [0.4, 0.5) is 4.39 Å². The number of ether oxygens (including phenoxy) is 2. The predicted octanol–water partition coefficient (Wildman–Crippen LogP) is 2.40. The van der Waals surface area contributed by atoms with Crippen molar-refractivity contribution in [2.24, 2.45) is 0 Å². The van der Waals surface area contributed by atoms with Gasteiger partial charge in [0, 0.05) is 18.1 Å². The molecule has 4 heteroatoms. The molecule has 1 aromatic carbocycles. The van der Waals surface area contributed by atoms with Gasteiger partial charge in [-0.2, -0.15) is 0 Å². The molecule has 0 amide bonds. The van der Waals surface area contributed by atoms with Gasteiger partial charge in [0.1, 0.15) is 17.3 Å². The van der Waals surface area contributed by atoms with Crippen LogP contribution in [0, 0.1) is 5.82 Å². The first-order valence-electron chi connectivity index (χ1n) is 5.60. The number of methoxy groups -OCH3 is 1. The van der Waals surface area contributed by atoms with Crippen molar-refractivity contribution >= 4 is 0 Å². The maximum absolute atomic E-state index is 13.9. The third-order valence-electron chi connectivity index (χ3n) is 2.82. The van der Waals surface area contributed by atoms with Crippen molar-refractivity contribution < 1.29 is 13.9 Å². The number of benzene rings is 1. The van der Waals surface area contributed by atoms with Crippen LogP contribution in [0.15, 0.2) is 30.0 Å². The van der Waals surface area contributed by atoms with Crippen molar-refractivity contribution in [3.8, 4) is 5.75 Å². The third-order valence-corrected chi connectivity index (χ3v) is 2.82. The number of rotatable bonds is 4. The monoisotopic (exact) mass is 237 g/mol. The lowest BCUT2D eigenvalue weighted by molar-refractivity contribution is 0.216. The number of nitrogens with one attached hydrogen (secondary N) is 1. The van der Waals surface area contributed by atoms with E-state index in [4.69, 9.17) is 9.47 Å². The summed E-state index contributed by atoms with van der Waals surface area (Å²) in [6.45, 7) is 0.672. The van der Waals surface area contributed by atoms with E-state index < -0.39 is 0 Å². The maximum Gasteiger partial charge on any atom is 0.132 e. The Morgan fingerprint density at radius 3 is 2.82 bits per heavy atom. The molecule has 0 fully saturated rings. The molecule has 1 atom stereocenters. The van der Waals surface area contributed by atoms with E-state index in [9.17, 15) is 4.39 Å². The summed E-state index contributed by atoms with van der Waals surface area (Å²) in [5.41, 5.74) is 0.571. The second kappa shape index (κ2) is 5.19. The minimum atomic E-state index is -0.292. The summed E-state index contributed by atoms with van der Waals surface area (Å²) < 4.78 is 24.4. The van der Waals surface area contributed by atoms with E-state index in [0.29, 0.717) is 17.9 Å². The molecule has 17 heavy (non-hydrogen) atoms. The summed E-state index contributed by atoms with van der Waals surface area (Å²) in [5.74, 6) is 1.01. The Morgan fingerprint density at radius 2 is 2.29 bits per heavy atom. The van der Waals surface area contributed by atoms with Gasteiger partial charge in [0.05, 0.1) is 19.8 Å². The zero-order chi connectivity index (χ0) is 12.3. The molecule has 1 aliphatic heterocycles. The number of hydrogen-bond donors (Lipinski definition) is 1. The highest BCUT2D eigenvalue weighted by atomic mass is 19.1. The number of hydrogen-bond acceptors (Lipinski definition) is 3. The Bertz CT molecular complexity index is 431. The maximum atomic E-state index is 13.9. The van der Waals surface area contributed by atoms with Crippen molar-refractivity contribution in [2.45, 2.75) is 12.5 Å². The summed E-state index contributed by atoms with van der Waals surface area (Å²) in [5, 5.41) is 3.06. The molecule has 0 saturated heterocycles. The Hall–Kier alpha value is -1.55. The van der Waals surface area contributed by atoms with Gasteiger partial charge in [-0.3, -0.25) is 0 Å². The summed E-state index contributed by atoms with van der Waals surface area (Å²) in [4.78, 5) is 0. The average molecular weight is 237 g/mol. The van der Waals surface area contributed by atoms with Gasteiger partial charge in [-0.1, -0.05) is 6.07 Å². The van der Waals surface area contributed by atoms with Crippen LogP contribution in [0.25, 0.3) is 0 Å². The van der Waals surface area contributed by atoms with Gasteiger partial charge in [0.25, 0.3) is 0 Å². The van der Waals surface area contributed by atoms with Gasteiger partial charge < -0.3 is 14.8 Å². The minimum absolute atomic E-state index is 0.233. The summed E-state index contributed by atoms with van der Waals surface area (Å²) in [6.07, 6.45) is 2.87. The van der Waals surface area contributed by atoms with Crippen molar-refractivity contribution in [3.05, 3.63) is 41.4 Å². The van der Waals surface area contributed by atoms with Crippen LogP contribution in [0.5, 0.6) is 5.75 Å². The number of halogens is 1. The molecule has 1 aromatic rings. The van der Waals surface area contributed by atoms with Crippen LogP contribution in [0.3, 0.4) is 0 Å². The first-order valence-corrected chi connectivity index (χ1v) is 5.60. The molecule has 0 aliphatic carbocycles. The Kier molecular flexibility index (Phi) is 3.64. The Balaban J connectivity index is 2.30. The lowest BCUT2D eigenvalue weighted by Crippen LogP contribution is -2.20. The smallest absolute Gasteiger partial charge is 0.132 e. The summed E-state index contributed by atoms with van der Waals surface area (Å²) in [7, 11) is 3.31. The highest BCUT2D eigenvalue weighted by Crippen LogP contribution is 2.29. The van der Waals surface area contributed by atoms with Crippen LogP contribution in [-0.2, 0) is 4.74 Å². The third kappa shape index (κ3) is 2.42. The van der Waals surface area contributed by atoms with Crippen LogP contribution in [0.1, 0.15) is 18.0 Å². The van der Waals surface area contributed by atoms with Gasteiger partial charge in [-0.15, -0.1) is 0 Å². The fourth-order valence-electron chi connectivity index (χ4n) is 1.96. The van der Waals surface area contributed by atoms with Crippen LogP contribution in [0.2, 0.25) is 0 Å². The van der Waals surface area contributed by atoms with Gasteiger partial charge in [-0.25, -0.2) is 4.39 Å². The molecule has 0 bridgehead atoms. The van der Waals surface area contributed by atoms with Gasteiger partial charge >= 0.3 is 0 Å². The quantitative estimate of drug-likeness (QED) is 0.872. The molecule has 0 spiro atoms. The van der Waals surface area contributed by atoms with Crippen LogP contribution in [-0.4, -0.2) is 20.8 Å². The Morgan fingerprint density at radius 1 is 1.47 bits per heavy atom. The van der Waals surface area contributed by atoms with Gasteiger partial charge in [-0.05, 0) is 19.2 Å². The normalized spacial score (nSPS) is 16.3. The molecule has 92 valence electrons. The average Bonchev–Trinajstić information content (AvgIpc) is 2.85. The predicted molar refractivity (Wildman–Crippen MR) is 63.4 cm³/mol. The molecule has 1 heterocycles. The molecule has 2 rings (SSSR count). The zero-order valence-electron chi connectivity index (χ0n) is 10.00. The van der Waals surface area contributed by atoms with Gasteiger partial charge in [0.15, 0.2) is 0 Å².